The van der Waals surface area contributed by atoms with Gasteiger partial charge in [0.25, 0.3) is 0 Å². The molecule has 2 N–H and O–H groups in total. The van der Waals surface area contributed by atoms with E-state index < -0.39 is 5.97 Å². The van der Waals surface area contributed by atoms with Crippen LogP contribution in [0.1, 0.15) is 5.56 Å². The Morgan fingerprint density at radius 3 is 2.59 bits per heavy atom. The predicted molar refractivity (Wildman–Crippen MR) is 132 cm³/mol. The highest BCUT2D eigenvalue weighted by atomic mass is 32.2. The van der Waals surface area contributed by atoms with Crippen molar-refractivity contribution in [2.24, 2.45) is 0 Å². The van der Waals surface area contributed by atoms with Crippen molar-refractivity contribution in [1.29, 1.82) is 0 Å². The minimum atomic E-state index is -0.997. The van der Waals surface area contributed by atoms with Crippen molar-refractivity contribution in [3.8, 4) is 22.6 Å². The second kappa shape index (κ2) is 11.0. The molecule has 0 aromatic heterocycles. The van der Waals surface area contributed by atoms with Crippen LogP contribution in [0.3, 0.4) is 0 Å². The smallest absolute Gasteiger partial charge is 0.331 e. The Morgan fingerprint density at radius 1 is 1.06 bits per heavy atom. The van der Waals surface area contributed by atoms with E-state index in [1.54, 1.807) is 4.31 Å². The Bertz CT molecular complexity index is 1060. The molecule has 0 saturated carbocycles. The summed E-state index contributed by atoms with van der Waals surface area (Å²) in [6, 6.07) is 22.2. The first-order valence-electron chi connectivity index (χ1n) is 9.66. The van der Waals surface area contributed by atoms with Crippen LogP contribution in [0.5, 0.6) is 11.5 Å². The lowest BCUT2D eigenvalue weighted by atomic mass is 10.0. The van der Waals surface area contributed by atoms with Crippen molar-refractivity contribution in [2.45, 2.75) is 6.54 Å². The number of nitrogens with one attached hydrogen (secondary N) is 1. The number of hydrogen-bond donors (Lipinski definition) is 2. The molecule has 32 heavy (non-hydrogen) atoms. The van der Waals surface area contributed by atoms with Crippen LogP contribution in [0.25, 0.3) is 11.1 Å². The molecule has 0 radical (unpaired) electrons. The van der Waals surface area contributed by atoms with Gasteiger partial charge in [-0.25, -0.2) is 4.79 Å². The molecule has 3 aromatic carbocycles. The van der Waals surface area contributed by atoms with Gasteiger partial charge in [-0.1, -0.05) is 24.3 Å². The second-order valence-electron chi connectivity index (χ2n) is 6.90. The van der Waals surface area contributed by atoms with E-state index in [0.717, 1.165) is 51.8 Å². The molecule has 168 valence electrons. The number of fused-ring (bicyclic) bond motifs is 1. The van der Waals surface area contributed by atoms with E-state index in [4.69, 9.17) is 18.8 Å². The van der Waals surface area contributed by atoms with Gasteiger partial charge in [0.15, 0.2) is 18.1 Å². The maximum absolute atomic E-state index is 10.5. The molecule has 0 fully saturated rings. The zero-order valence-electron chi connectivity index (χ0n) is 17.4. The molecule has 0 aliphatic carbocycles. The largest absolute Gasteiger partial charge is 0.479 e. The van der Waals surface area contributed by atoms with Crippen LogP contribution in [-0.2, 0) is 15.5 Å². The summed E-state index contributed by atoms with van der Waals surface area (Å²) in [7, 11) is 1.82. The number of benzene rings is 3. The molecule has 0 amide bonds. The van der Waals surface area contributed by atoms with Crippen LogP contribution in [0, 0.1) is 0 Å². The molecular weight excluding hydrogens is 448 g/mol. The van der Waals surface area contributed by atoms with Crippen molar-refractivity contribution in [3.05, 3.63) is 72.3 Å². The first-order valence-corrected chi connectivity index (χ1v) is 10.4. The molecule has 1 heterocycles. The summed E-state index contributed by atoms with van der Waals surface area (Å²) in [6.45, 7) is 0.607. The van der Waals surface area contributed by atoms with Gasteiger partial charge in [0.05, 0.1) is 0 Å². The van der Waals surface area contributed by atoms with E-state index >= 15 is 0 Å². The van der Waals surface area contributed by atoms with Gasteiger partial charge in [0.2, 0.25) is 6.79 Å². The summed E-state index contributed by atoms with van der Waals surface area (Å²) in [5.74, 6) is 0.558. The molecule has 0 bridgehead atoms. The molecule has 7 nitrogen and oxygen atoms in total. The van der Waals surface area contributed by atoms with Crippen molar-refractivity contribution >= 4 is 43.1 Å². The van der Waals surface area contributed by atoms with E-state index in [1.165, 1.54) is 0 Å². The lowest BCUT2D eigenvalue weighted by molar-refractivity contribution is -0.138. The fourth-order valence-corrected chi connectivity index (χ4v) is 3.65. The van der Waals surface area contributed by atoms with Crippen LogP contribution in [0.4, 0.5) is 11.4 Å². The Morgan fingerprint density at radius 2 is 1.81 bits per heavy atom. The number of anilines is 2. The molecule has 4 rings (SSSR count). The minimum absolute atomic E-state index is 0. The number of rotatable bonds is 9. The first-order chi connectivity index (χ1) is 15.1. The van der Waals surface area contributed by atoms with E-state index in [1.807, 2.05) is 55.6 Å². The minimum Gasteiger partial charge on any atom is -0.479 e. The average Bonchev–Trinajstić information content (AvgIpc) is 3.26. The Labute approximate surface area is 198 Å². The fourth-order valence-electron chi connectivity index (χ4n) is 3.13. The van der Waals surface area contributed by atoms with E-state index in [-0.39, 0.29) is 26.9 Å². The first kappa shape index (κ1) is 23.6. The van der Waals surface area contributed by atoms with Gasteiger partial charge < -0.3 is 19.9 Å². The molecular formula is C23H24N2O5S2. The zero-order chi connectivity index (χ0) is 21.6. The van der Waals surface area contributed by atoms with Gasteiger partial charge in [0, 0.05) is 25.0 Å². The summed E-state index contributed by atoms with van der Waals surface area (Å²) in [4.78, 5) is 10.5. The summed E-state index contributed by atoms with van der Waals surface area (Å²) in [6.07, 6.45) is 0. The number of carbonyl (C=O) groups is 1. The van der Waals surface area contributed by atoms with Crippen LogP contribution in [0.15, 0.2) is 66.7 Å². The number of nitrogens with zero attached hydrogens (tertiary/aromatic N) is 1. The third kappa shape index (κ3) is 6.03. The maximum atomic E-state index is 10.5. The van der Waals surface area contributed by atoms with Gasteiger partial charge in [0.1, 0.15) is 12.2 Å². The van der Waals surface area contributed by atoms with Crippen LogP contribution < -0.4 is 19.1 Å². The standard InChI is InChI=1S/C23H22N2O5S.H2S/c1-25(31-30-14-23(26)27)20-8-6-19(7-9-20)24-13-16-3-2-4-17(11-16)18-5-10-21-22(12-18)29-15-28-21;/h2-12,24H,13-15H2,1H3,(H,26,27);1H2. The second-order valence-corrected chi connectivity index (χ2v) is 7.83. The lowest BCUT2D eigenvalue weighted by Gasteiger charge is -2.17. The van der Waals surface area contributed by atoms with Gasteiger partial charge in [-0.15, -0.1) is 0 Å². The molecule has 0 unspecified atom stereocenters. The van der Waals surface area contributed by atoms with E-state index in [9.17, 15) is 4.79 Å². The summed E-state index contributed by atoms with van der Waals surface area (Å²) in [5.41, 5.74) is 5.26. The monoisotopic (exact) mass is 472 g/mol. The Balaban J connectivity index is 0.00000289. The van der Waals surface area contributed by atoms with Gasteiger partial charge in [-0.2, -0.15) is 13.5 Å². The van der Waals surface area contributed by atoms with Crippen molar-refractivity contribution in [2.75, 3.05) is 30.1 Å². The number of hydrogen-bond acceptors (Lipinski definition) is 7. The average molecular weight is 473 g/mol. The summed E-state index contributed by atoms with van der Waals surface area (Å²) in [5, 5.41) is 12.1. The normalized spacial score (nSPS) is 11.5. The SMILES string of the molecule is CN(SOCC(=O)O)c1ccc(NCc2cccc(-c3ccc4c(c3)OCO4)c2)cc1.S. The highest BCUT2D eigenvalue weighted by Gasteiger charge is 2.14. The predicted octanol–water partition coefficient (Wildman–Crippen LogP) is 4.91. The van der Waals surface area contributed by atoms with Crippen molar-refractivity contribution in [3.63, 3.8) is 0 Å². The molecule has 0 saturated heterocycles. The number of carboxylic acids is 1. The highest BCUT2D eigenvalue weighted by Crippen LogP contribution is 2.36. The Hall–Kier alpha value is -3.01. The molecule has 0 atom stereocenters. The quantitative estimate of drug-likeness (QED) is 0.336. The lowest BCUT2D eigenvalue weighted by Crippen LogP contribution is -2.11. The third-order valence-electron chi connectivity index (χ3n) is 4.71. The molecule has 9 heteroatoms. The number of ether oxygens (including phenoxy) is 2. The van der Waals surface area contributed by atoms with Crippen LogP contribution in [-0.4, -0.2) is 31.5 Å². The number of aliphatic carboxylic acids is 1. The zero-order valence-corrected chi connectivity index (χ0v) is 19.2. The topological polar surface area (TPSA) is 80.3 Å². The summed E-state index contributed by atoms with van der Waals surface area (Å²) < 4.78 is 17.7. The molecule has 1 aliphatic rings. The van der Waals surface area contributed by atoms with Crippen molar-refractivity contribution < 1.29 is 23.6 Å². The molecule has 3 aromatic rings. The Kier molecular flexibility index (Phi) is 8.15. The third-order valence-corrected chi connectivity index (χ3v) is 5.37. The van der Waals surface area contributed by atoms with E-state index in [0.29, 0.717) is 6.54 Å². The van der Waals surface area contributed by atoms with Gasteiger partial charge in [-0.05, 0) is 59.2 Å². The van der Waals surface area contributed by atoms with Crippen LogP contribution >= 0.6 is 25.7 Å². The van der Waals surface area contributed by atoms with Gasteiger partial charge in [-0.3, -0.25) is 8.49 Å². The van der Waals surface area contributed by atoms with E-state index in [2.05, 4.69) is 23.5 Å². The maximum Gasteiger partial charge on any atom is 0.331 e. The molecule has 1 aliphatic heterocycles. The summed E-state index contributed by atoms with van der Waals surface area (Å²) >= 11 is 0.996. The fraction of sp³-hybridized carbons (Fsp3) is 0.174. The number of carboxylic acid groups (broad SMARTS) is 1. The highest BCUT2D eigenvalue weighted by molar-refractivity contribution is 7.96. The van der Waals surface area contributed by atoms with Crippen LogP contribution in [0.2, 0.25) is 0 Å². The van der Waals surface area contributed by atoms with Gasteiger partial charge >= 0.3 is 5.97 Å². The molecule has 0 spiro atoms. The van der Waals surface area contributed by atoms with Crippen molar-refractivity contribution in [1.82, 2.24) is 0 Å².